The van der Waals surface area contributed by atoms with E-state index in [1.807, 2.05) is 6.07 Å². The Morgan fingerprint density at radius 1 is 1.07 bits per heavy atom. The quantitative estimate of drug-likeness (QED) is 0.483. The topological polar surface area (TPSA) is 113 Å². The number of nitrogens with one attached hydrogen (secondary N) is 1. The second-order valence-corrected chi connectivity index (χ2v) is 5.94. The van der Waals surface area contributed by atoms with E-state index >= 15 is 0 Å². The van der Waals surface area contributed by atoms with E-state index in [0.717, 1.165) is 0 Å². The molecule has 0 fully saturated rings. The molecule has 7 nitrogen and oxygen atoms in total. The van der Waals surface area contributed by atoms with Crippen LogP contribution in [0.5, 0.6) is 5.75 Å². The van der Waals surface area contributed by atoms with Gasteiger partial charge in [0.1, 0.15) is 28.9 Å². The Morgan fingerprint density at radius 2 is 1.76 bits per heavy atom. The Kier molecular flexibility index (Phi) is 5.76. The monoisotopic (exact) mass is 388 g/mol. The van der Waals surface area contributed by atoms with Gasteiger partial charge in [0, 0.05) is 17.3 Å². The molecular weight excluding hydrogens is 372 g/mol. The molecule has 1 heterocycles. The third-order valence-electron chi connectivity index (χ3n) is 4.04. The van der Waals surface area contributed by atoms with Crippen molar-refractivity contribution in [3.05, 3.63) is 77.6 Å². The van der Waals surface area contributed by atoms with Gasteiger partial charge >= 0.3 is 5.97 Å². The van der Waals surface area contributed by atoms with Gasteiger partial charge in [0.25, 0.3) is 5.91 Å². The molecule has 29 heavy (non-hydrogen) atoms. The number of rotatable bonds is 6. The second kappa shape index (κ2) is 8.59. The number of amides is 1. The first-order valence-electron chi connectivity index (χ1n) is 8.51. The van der Waals surface area contributed by atoms with Crippen molar-refractivity contribution in [2.24, 2.45) is 0 Å². The van der Waals surface area contributed by atoms with Crippen LogP contribution in [0.15, 0.2) is 70.7 Å². The van der Waals surface area contributed by atoms with Gasteiger partial charge in [-0.25, -0.2) is 4.79 Å². The molecule has 0 unspecified atom stereocenters. The Hall–Kier alpha value is -4.31. The molecule has 1 aromatic heterocycles. The number of furan rings is 1. The van der Waals surface area contributed by atoms with Crippen LogP contribution in [-0.4, -0.2) is 24.1 Å². The van der Waals surface area contributed by atoms with E-state index in [1.54, 1.807) is 55.6 Å². The van der Waals surface area contributed by atoms with Crippen LogP contribution in [0.1, 0.15) is 16.1 Å². The number of hydrogen-bond donors (Lipinski definition) is 2. The predicted octanol–water partition coefficient (Wildman–Crippen LogP) is 4.20. The third-order valence-corrected chi connectivity index (χ3v) is 4.04. The molecule has 0 spiro atoms. The number of carboxylic acid groups (broad SMARTS) is 1. The smallest absolute Gasteiger partial charge is 0.335 e. The minimum Gasteiger partial charge on any atom is -0.497 e. The number of carbonyl (C=O) groups is 2. The summed E-state index contributed by atoms with van der Waals surface area (Å²) >= 11 is 0. The Bertz CT molecular complexity index is 1100. The fourth-order valence-corrected chi connectivity index (χ4v) is 2.53. The number of nitrogens with zero attached hydrogens (tertiary/aromatic N) is 1. The molecule has 3 aromatic rings. The Labute approximate surface area is 166 Å². The molecule has 0 bridgehead atoms. The number of carboxylic acids is 1. The minimum atomic E-state index is -1.01. The average molecular weight is 388 g/mol. The summed E-state index contributed by atoms with van der Waals surface area (Å²) in [6, 6.07) is 18.1. The van der Waals surface area contributed by atoms with Crippen LogP contribution in [0.2, 0.25) is 0 Å². The van der Waals surface area contributed by atoms with Crippen molar-refractivity contribution >= 4 is 23.6 Å². The Morgan fingerprint density at radius 3 is 2.34 bits per heavy atom. The maximum absolute atomic E-state index is 12.4. The lowest BCUT2D eigenvalue weighted by Crippen LogP contribution is -2.13. The van der Waals surface area contributed by atoms with Crippen molar-refractivity contribution in [1.82, 2.24) is 0 Å². The van der Waals surface area contributed by atoms with Crippen LogP contribution in [0.3, 0.4) is 0 Å². The maximum atomic E-state index is 12.4. The van der Waals surface area contributed by atoms with Gasteiger partial charge in [-0.2, -0.15) is 5.26 Å². The molecule has 0 aliphatic rings. The number of aromatic carboxylic acids is 1. The van der Waals surface area contributed by atoms with E-state index in [9.17, 15) is 14.9 Å². The van der Waals surface area contributed by atoms with Crippen molar-refractivity contribution in [1.29, 1.82) is 5.26 Å². The lowest BCUT2D eigenvalue weighted by Gasteiger charge is -2.05. The van der Waals surface area contributed by atoms with E-state index in [2.05, 4.69) is 5.32 Å². The van der Waals surface area contributed by atoms with Gasteiger partial charge < -0.3 is 19.6 Å². The summed E-state index contributed by atoms with van der Waals surface area (Å²) in [5.74, 6) is -0.120. The molecule has 2 aromatic carbocycles. The van der Waals surface area contributed by atoms with Gasteiger partial charge in [-0.05, 0) is 48.5 Å². The molecule has 0 aliphatic carbocycles. The number of nitriles is 1. The predicted molar refractivity (Wildman–Crippen MR) is 106 cm³/mol. The van der Waals surface area contributed by atoms with Gasteiger partial charge in [-0.3, -0.25) is 4.79 Å². The van der Waals surface area contributed by atoms with Crippen LogP contribution in [-0.2, 0) is 4.79 Å². The third kappa shape index (κ3) is 4.70. The van der Waals surface area contributed by atoms with Crippen LogP contribution >= 0.6 is 0 Å². The largest absolute Gasteiger partial charge is 0.497 e. The average Bonchev–Trinajstić information content (AvgIpc) is 3.21. The number of ether oxygens (including phenoxy) is 1. The van der Waals surface area contributed by atoms with Gasteiger partial charge in [0.2, 0.25) is 0 Å². The molecule has 0 aliphatic heterocycles. The lowest BCUT2D eigenvalue weighted by molar-refractivity contribution is -0.112. The second-order valence-electron chi connectivity index (χ2n) is 5.94. The van der Waals surface area contributed by atoms with Crippen molar-refractivity contribution < 1.29 is 23.8 Å². The number of methoxy groups -OCH3 is 1. The van der Waals surface area contributed by atoms with Gasteiger partial charge in [-0.15, -0.1) is 0 Å². The molecule has 2 N–H and O–H groups in total. The van der Waals surface area contributed by atoms with E-state index in [0.29, 0.717) is 28.5 Å². The van der Waals surface area contributed by atoms with Gasteiger partial charge in [0.15, 0.2) is 0 Å². The molecular formula is C22H16N2O5. The van der Waals surface area contributed by atoms with Crippen LogP contribution < -0.4 is 10.1 Å². The van der Waals surface area contributed by atoms with Crippen LogP contribution in [0, 0.1) is 11.3 Å². The minimum absolute atomic E-state index is 0.122. The molecule has 0 saturated carbocycles. The highest BCUT2D eigenvalue weighted by molar-refractivity contribution is 6.09. The molecule has 0 radical (unpaired) electrons. The van der Waals surface area contributed by atoms with Gasteiger partial charge in [-0.1, -0.05) is 12.1 Å². The summed E-state index contributed by atoms with van der Waals surface area (Å²) in [7, 11) is 1.54. The molecule has 0 saturated heterocycles. The number of carbonyl (C=O) groups excluding carboxylic acids is 1. The first-order chi connectivity index (χ1) is 14.0. The zero-order valence-corrected chi connectivity index (χ0v) is 15.4. The summed E-state index contributed by atoms with van der Waals surface area (Å²) in [6.07, 6.45) is 1.34. The normalized spacial score (nSPS) is 10.8. The fraction of sp³-hybridized carbons (Fsp3) is 0.0455. The SMILES string of the molecule is COc1ccc(NC(=O)/C(C#N)=C\c2ccc(-c3ccc(C(=O)O)cc3)o2)cc1. The zero-order chi connectivity index (χ0) is 20.8. The lowest BCUT2D eigenvalue weighted by atomic mass is 10.1. The van der Waals surface area contributed by atoms with Crippen LogP contribution in [0.25, 0.3) is 17.4 Å². The summed E-state index contributed by atoms with van der Waals surface area (Å²) < 4.78 is 10.7. The van der Waals surface area contributed by atoms with Crippen molar-refractivity contribution in [3.63, 3.8) is 0 Å². The molecule has 144 valence electrons. The van der Waals surface area contributed by atoms with Crippen molar-refractivity contribution in [3.8, 4) is 23.1 Å². The van der Waals surface area contributed by atoms with E-state index in [1.165, 1.54) is 18.2 Å². The summed E-state index contributed by atoms with van der Waals surface area (Å²) in [6.45, 7) is 0. The number of benzene rings is 2. The van der Waals surface area contributed by atoms with Gasteiger partial charge in [0.05, 0.1) is 12.7 Å². The summed E-state index contributed by atoms with van der Waals surface area (Å²) in [5.41, 5.74) is 1.25. The number of anilines is 1. The fourth-order valence-electron chi connectivity index (χ4n) is 2.53. The standard InChI is InChI=1S/C22H16N2O5/c1-28-18-8-6-17(7-9-18)24-21(25)16(13-23)12-19-10-11-20(29-19)14-2-4-15(5-3-14)22(26)27/h2-12H,1H3,(H,24,25)(H,26,27)/b16-12-. The first kappa shape index (κ1) is 19.5. The zero-order valence-electron chi connectivity index (χ0n) is 15.4. The molecule has 0 atom stereocenters. The number of hydrogen-bond acceptors (Lipinski definition) is 5. The highest BCUT2D eigenvalue weighted by Gasteiger charge is 2.12. The van der Waals surface area contributed by atoms with E-state index in [-0.39, 0.29) is 11.1 Å². The van der Waals surface area contributed by atoms with Crippen LogP contribution in [0.4, 0.5) is 5.69 Å². The van der Waals surface area contributed by atoms with E-state index < -0.39 is 11.9 Å². The maximum Gasteiger partial charge on any atom is 0.335 e. The molecule has 3 rings (SSSR count). The Balaban J connectivity index is 1.76. The molecule has 1 amide bonds. The summed E-state index contributed by atoms with van der Waals surface area (Å²) in [5, 5.41) is 20.9. The first-order valence-corrected chi connectivity index (χ1v) is 8.51. The van der Waals surface area contributed by atoms with Crippen molar-refractivity contribution in [2.45, 2.75) is 0 Å². The van der Waals surface area contributed by atoms with Crippen molar-refractivity contribution in [2.75, 3.05) is 12.4 Å². The highest BCUT2D eigenvalue weighted by atomic mass is 16.5. The molecule has 7 heteroatoms. The summed E-state index contributed by atoms with van der Waals surface area (Å²) in [4.78, 5) is 23.3. The highest BCUT2D eigenvalue weighted by Crippen LogP contribution is 2.24. The van der Waals surface area contributed by atoms with E-state index in [4.69, 9.17) is 14.3 Å².